The maximum Gasteiger partial charge on any atom is 0.216 e. The average Bonchev–Trinajstić information content (AvgIpc) is 2.83. The van der Waals surface area contributed by atoms with Crippen molar-refractivity contribution in [2.75, 3.05) is 13.2 Å². The minimum Gasteiger partial charge on any atom is -0.477 e. The van der Waals surface area contributed by atoms with E-state index in [1.54, 1.807) is 0 Å². The van der Waals surface area contributed by atoms with Gasteiger partial charge in [-0.3, -0.25) is 0 Å². The quantitative estimate of drug-likeness (QED) is 0.868. The molecule has 1 aromatic rings. The molecule has 0 spiro atoms. The van der Waals surface area contributed by atoms with Crippen LogP contribution in [0.15, 0.2) is 6.07 Å². The van der Waals surface area contributed by atoms with Crippen LogP contribution in [0.3, 0.4) is 0 Å². The second-order valence-electron chi connectivity index (χ2n) is 5.10. The van der Waals surface area contributed by atoms with Crippen LogP contribution >= 0.6 is 0 Å². The number of aromatic nitrogens is 2. The van der Waals surface area contributed by atoms with Gasteiger partial charge in [-0.2, -0.15) is 4.98 Å². The summed E-state index contributed by atoms with van der Waals surface area (Å²) in [4.78, 5) is 8.68. The van der Waals surface area contributed by atoms with Crippen molar-refractivity contribution >= 4 is 0 Å². The molecule has 0 aliphatic heterocycles. The first-order valence-corrected chi connectivity index (χ1v) is 6.90. The Kier molecular flexibility index (Phi) is 4.53. The van der Waals surface area contributed by atoms with Gasteiger partial charge in [0.25, 0.3) is 0 Å². The Morgan fingerprint density at radius 2 is 2.11 bits per heavy atom. The topological polar surface area (TPSA) is 61.0 Å². The highest BCUT2D eigenvalue weighted by molar-refractivity contribution is 5.16. The van der Waals surface area contributed by atoms with Gasteiger partial charge in [-0.05, 0) is 44.6 Å². The number of aryl methyl sites for hydroxylation is 2. The molecule has 1 heterocycles. The van der Waals surface area contributed by atoms with Crippen molar-refractivity contribution in [1.82, 2.24) is 9.97 Å². The SMILES string of the molecule is CCc1cc(OCC2CCCC2CN)nc(C)n1. The zero-order valence-corrected chi connectivity index (χ0v) is 11.4. The van der Waals surface area contributed by atoms with Crippen molar-refractivity contribution in [3.63, 3.8) is 0 Å². The smallest absolute Gasteiger partial charge is 0.216 e. The van der Waals surface area contributed by atoms with Gasteiger partial charge in [0.1, 0.15) is 5.82 Å². The fraction of sp³-hybridized carbons (Fsp3) is 0.714. The Labute approximate surface area is 109 Å². The van der Waals surface area contributed by atoms with Crippen LogP contribution < -0.4 is 10.5 Å². The van der Waals surface area contributed by atoms with E-state index in [9.17, 15) is 0 Å². The van der Waals surface area contributed by atoms with Crippen LogP contribution in [-0.2, 0) is 6.42 Å². The molecule has 2 rings (SSSR count). The van der Waals surface area contributed by atoms with Gasteiger partial charge in [-0.15, -0.1) is 0 Å². The maximum atomic E-state index is 5.84. The van der Waals surface area contributed by atoms with Gasteiger partial charge in [0, 0.05) is 11.8 Å². The van der Waals surface area contributed by atoms with E-state index in [1.807, 2.05) is 13.0 Å². The fourth-order valence-corrected chi connectivity index (χ4v) is 2.69. The minimum atomic E-state index is 0.593. The lowest BCUT2D eigenvalue weighted by Gasteiger charge is -2.18. The van der Waals surface area contributed by atoms with E-state index in [4.69, 9.17) is 10.5 Å². The van der Waals surface area contributed by atoms with Crippen molar-refractivity contribution in [3.8, 4) is 5.88 Å². The van der Waals surface area contributed by atoms with Crippen LogP contribution in [0.1, 0.15) is 37.7 Å². The largest absolute Gasteiger partial charge is 0.477 e. The van der Waals surface area contributed by atoms with Crippen LogP contribution in [0, 0.1) is 18.8 Å². The van der Waals surface area contributed by atoms with E-state index in [2.05, 4.69) is 16.9 Å². The van der Waals surface area contributed by atoms with Crippen LogP contribution in [0.2, 0.25) is 0 Å². The minimum absolute atomic E-state index is 0.593. The molecule has 2 unspecified atom stereocenters. The lowest BCUT2D eigenvalue weighted by Crippen LogP contribution is -2.23. The molecule has 0 bridgehead atoms. The molecule has 0 saturated heterocycles. The van der Waals surface area contributed by atoms with Crippen LogP contribution in [-0.4, -0.2) is 23.1 Å². The zero-order chi connectivity index (χ0) is 13.0. The number of rotatable bonds is 5. The third-order valence-corrected chi connectivity index (χ3v) is 3.79. The molecule has 18 heavy (non-hydrogen) atoms. The van der Waals surface area contributed by atoms with E-state index in [-0.39, 0.29) is 0 Å². The fourth-order valence-electron chi connectivity index (χ4n) is 2.69. The average molecular weight is 249 g/mol. The third-order valence-electron chi connectivity index (χ3n) is 3.79. The number of ether oxygens (including phenoxy) is 1. The normalized spacial score (nSPS) is 23.3. The molecule has 100 valence electrons. The number of hydrogen-bond acceptors (Lipinski definition) is 4. The second-order valence-corrected chi connectivity index (χ2v) is 5.10. The molecular weight excluding hydrogens is 226 g/mol. The lowest BCUT2D eigenvalue weighted by atomic mass is 9.97. The Morgan fingerprint density at radius 1 is 1.33 bits per heavy atom. The number of hydrogen-bond donors (Lipinski definition) is 1. The van der Waals surface area contributed by atoms with Gasteiger partial charge in [0.15, 0.2) is 0 Å². The first-order valence-electron chi connectivity index (χ1n) is 6.90. The van der Waals surface area contributed by atoms with Crippen molar-refractivity contribution in [2.24, 2.45) is 17.6 Å². The predicted octanol–water partition coefficient (Wildman–Crippen LogP) is 2.10. The highest BCUT2D eigenvalue weighted by Gasteiger charge is 2.26. The summed E-state index contributed by atoms with van der Waals surface area (Å²) in [7, 11) is 0. The molecule has 1 fully saturated rings. The van der Waals surface area contributed by atoms with Crippen molar-refractivity contribution in [1.29, 1.82) is 0 Å². The first-order chi connectivity index (χ1) is 8.72. The summed E-state index contributed by atoms with van der Waals surface area (Å²) in [5, 5.41) is 0. The Hall–Kier alpha value is -1.16. The van der Waals surface area contributed by atoms with E-state index in [1.165, 1.54) is 19.3 Å². The lowest BCUT2D eigenvalue weighted by molar-refractivity contribution is 0.209. The molecule has 1 aromatic heterocycles. The predicted molar refractivity (Wildman–Crippen MR) is 71.5 cm³/mol. The van der Waals surface area contributed by atoms with Gasteiger partial charge in [0.2, 0.25) is 5.88 Å². The molecule has 2 N–H and O–H groups in total. The Balaban J connectivity index is 1.95. The van der Waals surface area contributed by atoms with E-state index >= 15 is 0 Å². The summed E-state index contributed by atoms with van der Waals surface area (Å²) in [6, 6.07) is 1.94. The number of nitrogens with two attached hydrogens (primary N) is 1. The first kappa shape index (κ1) is 13.3. The van der Waals surface area contributed by atoms with E-state index in [0.717, 1.165) is 31.1 Å². The number of nitrogens with zero attached hydrogens (tertiary/aromatic N) is 2. The highest BCUT2D eigenvalue weighted by atomic mass is 16.5. The molecule has 1 aliphatic rings. The van der Waals surface area contributed by atoms with Gasteiger partial charge in [-0.1, -0.05) is 13.3 Å². The summed E-state index contributed by atoms with van der Waals surface area (Å²) in [5.41, 5.74) is 6.82. The van der Waals surface area contributed by atoms with Crippen LogP contribution in [0.4, 0.5) is 0 Å². The van der Waals surface area contributed by atoms with Gasteiger partial charge in [-0.25, -0.2) is 4.98 Å². The monoisotopic (exact) mass is 249 g/mol. The summed E-state index contributed by atoms with van der Waals surface area (Å²) < 4.78 is 5.84. The Morgan fingerprint density at radius 3 is 2.83 bits per heavy atom. The van der Waals surface area contributed by atoms with Crippen LogP contribution in [0.5, 0.6) is 5.88 Å². The molecule has 1 saturated carbocycles. The van der Waals surface area contributed by atoms with Gasteiger partial charge in [0.05, 0.1) is 6.61 Å². The maximum absolute atomic E-state index is 5.84. The van der Waals surface area contributed by atoms with Crippen LogP contribution in [0.25, 0.3) is 0 Å². The molecule has 4 nitrogen and oxygen atoms in total. The van der Waals surface area contributed by atoms with Gasteiger partial charge >= 0.3 is 0 Å². The standard InChI is InChI=1S/C14H23N3O/c1-3-13-7-14(17-10(2)16-13)18-9-12-6-4-5-11(12)8-15/h7,11-12H,3-6,8-9,15H2,1-2H3. The summed E-state index contributed by atoms with van der Waals surface area (Å²) in [5.74, 6) is 2.71. The van der Waals surface area contributed by atoms with E-state index < -0.39 is 0 Å². The van der Waals surface area contributed by atoms with Crippen molar-refractivity contribution in [3.05, 3.63) is 17.6 Å². The summed E-state index contributed by atoms with van der Waals surface area (Å²) in [6.07, 6.45) is 4.66. The summed E-state index contributed by atoms with van der Waals surface area (Å²) >= 11 is 0. The molecule has 4 heteroatoms. The summed E-state index contributed by atoms with van der Waals surface area (Å²) in [6.45, 7) is 5.51. The second kappa shape index (κ2) is 6.14. The Bertz CT molecular complexity index is 395. The molecule has 2 atom stereocenters. The van der Waals surface area contributed by atoms with E-state index in [0.29, 0.717) is 17.7 Å². The molecular formula is C14H23N3O. The molecule has 0 aromatic carbocycles. The zero-order valence-electron chi connectivity index (χ0n) is 11.4. The highest BCUT2D eigenvalue weighted by Crippen LogP contribution is 2.31. The molecule has 0 amide bonds. The molecule has 0 radical (unpaired) electrons. The van der Waals surface area contributed by atoms with Crippen molar-refractivity contribution < 1.29 is 4.74 Å². The third kappa shape index (κ3) is 3.19. The van der Waals surface area contributed by atoms with Gasteiger partial charge < -0.3 is 10.5 Å². The van der Waals surface area contributed by atoms with Crippen molar-refractivity contribution in [2.45, 2.75) is 39.5 Å². The molecule has 1 aliphatic carbocycles.